The largest absolute Gasteiger partial charge is 0.206 e. The molecule has 4 aromatic carbocycles. The van der Waals surface area contributed by atoms with Crippen LogP contribution in [0.15, 0.2) is 109 Å². The summed E-state index contributed by atoms with van der Waals surface area (Å²) in [7, 11) is 0. The lowest BCUT2D eigenvalue weighted by Crippen LogP contribution is -1.86. The van der Waals surface area contributed by atoms with Crippen molar-refractivity contribution in [2.24, 2.45) is 0 Å². The van der Waals surface area contributed by atoms with Gasteiger partial charge < -0.3 is 0 Å². The van der Waals surface area contributed by atoms with E-state index in [-0.39, 0.29) is 16.8 Å². The van der Waals surface area contributed by atoms with Crippen molar-refractivity contribution in [2.75, 3.05) is 0 Å². The molecule has 0 saturated carbocycles. The highest BCUT2D eigenvalue weighted by atomic mass is 32.1. The smallest absolute Gasteiger partial charge is 0.176 e. The van der Waals surface area contributed by atoms with Crippen molar-refractivity contribution < 1.29 is 13.2 Å². The molecule has 0 N–H and O–H groups in total. The Balaban J connectivity index is 0.000000169. The zero-order valence-electron chi connectivity index (χ0n) is 23.8. The minimum absolute atomic E-state index is 0.162. The van der Waals surface area contributed by atoms with Crippen molar-refractivity contribution in [3.8, 4) is 43.1 Å². The third-order valence-corrected chi connectivity index (χ3v) is 8.93. The Labute approximate surface area is 253 Å². The van der Waals surface area contributed by atoms with Crippen LogP contribution in [-0.2, 0) is 6.42 Å². The van der Waals surface area contributed by atoms with E-state index in [4.69, 9.17) is 0 Å². The fourth-order valence-corrected chi connectivity index (χ4v) is 6.38. The summed E-state index contributed by atoms with van der Waals surface area (Å²) >= 11 is 2.58. The summed E-state index contributed by atoms with van der Waals surface area (Å²) in [5.41, 5.74) is 7.41. The minimum atomic E-state index is -0.322. The number of benzene rings is 4. The van der Waals surface area contributed by atoms with Gasteiger partial charge in [0, 0.05) is 25.8 Å². The molecule has 0 amide bonds. The topological polar surface area (TPSA) is 0 Å². The van der Waals surface area contributed by atoms with E-state index in [0.29, 0.717) is 16.0 Å². The normalized spacial score (nSPS) is 10.8. The molecule has 0 aliphatic heterocycles. The van der Waals surface area contributed by atoms with E-state index in [2.05, 4.69) is 19.1 Å². The van der Waals surface area contributed by atoms with E-state index >= 15 is 0 Å². The van der Waals surface area contributed by atoms with Crippen LogP contribution in [0.2, 0.25) is 0 Å². The maximum Gasteiger partial charge on any atom is 0.176 e. The third-order valence-electron chi connectivity index (χ3n) is 6.99. The van der Waals surface area contributed by atoms with Crippen LogP contribution in [0, 0.1) is 30.6 Å². The Morgan fingerprint density at radius 1 is 0.524 bits per heavy atom. The van der Waals surface area contributed by atoms with Crippen molar-refractivity contribution in [2.45, 2.75) is 33.6 Å². The van der Waals surface area contributed by atoms with E-state index < -0.39 is 0 Å². The molecule has 0 fully saturated rings. The number of hydrogen-bond donors (Lipinski definition) is 0. The molecule has 42 heavy (non-hydrogen) atoms. The van der Waals surface area contributed by atoms with Gasteiger partial charge in [-0.2, -0.15) is 4.39 Å². The van der Waals surface area contributed by atoms with Crippen LogP contribution in [0.1, 0.15) is 29.3 Å². The van der Waals surface area contributed by atoms with Crippen LogP contribution in [0.3, 0.4) is 0 Å². The molecule has 6 aromatic rings. The van der Waals surface area contributed by atoms with Gasteiger partial charge in [-0.15, -0.1) is 22.7 Å². The van der Waals surface area contributed by atoms with Gasteiger partial charge >= 0.3 is 0 Å². The summed E-state index contributed by atoms with van der Waals surface area (Å²) in [6, 6.07) is 33.9. The van der Waals surface area contributed by atoms with Gasteiger partial charge in [0.1, 0.15) is 11.6 Å². The molecule has 2 aromatic heterocycles. The van der Waals surface area contributed by atoms with E-state index in [1.807, 2.05) is 80.6 Å². The number of halogens is 3. The van der Waals surface area contributed by atoms with Gasteiger partial charge in [-0.1, -0.05) is 79.6 Å². The summed E-state index contributed by atoms with van der Waals surface area (Å²) in [5.74, 6) is -0.484. The van der Waals surface area contributed by atoms with Crippen LogP contribution in [-0.4, -0.2) is 0 Å². The highest BCUT2D eigenvalue weighted by molar-refractivity contribution is 7.15. The first-order valence-electron chi connectivity index (χ1n) is 13.9. The summed E-state index contributed by atoms with van der Waals surface area (Å²) < 4.78 is 41.7. The summed E-state index contributed by atoms with van der Waals surface area (Å²) in [4.78, 5) is 2.79. The van der Waals surface area contributed by atoms with E-state index in [9.17, 15) is 13.2 Å². The van der Waals surface area contributed by atoms with Crippen molar-refractivity contribution in [1.82, 2.24) is 0 Å². The van der Waals surface area contributed by atoms with Crippen LogP contribution >= 0.6 is 22.7 Å². The molecule has 212 valence electrons. The molecule has 0 nitrogen and oxygen atoms in total. The Hall–Kier alpha value is -3.93. The van der Waals surface area contributed by atoms with Gasteiger partial charge in [-0.25, -0.2) is 8.78 Å². The monoisotopic (exact) mass is 596 g/mol. The zero-order chi connectivity index (χ0) is 29.6. The second kappa shape index (κ2) is 13.4. The number of aryl methyl sites for hydroxylation is 3. The minimum Gasteiger partial charge on any atom is -0.206 e. The Morgan fingerprint density at radius 2 is 1.02 bits per heavy atom. The van der Waals surface area contributed by atoms with E-state index in [0.717, 1.165) is 51.3 Å². The first-order valence-corrected chi connectivity index (χ1v) is 15.5. The van der Waals surface area contributed by atoms with Crippen molar-refractivity contribution >= 4 is 22.7 Å². The Morgan fingerprint density at radius 3 is 1.48 bits per heavy atom. The second-order valence-corrected chi connectivity index (χ2v) is 12.5. The van der Waals surface area contributed by atoms with Gasteiger partial charge in [0.05, 0.1) is 0 Å². The quantitative estimate of drug-likeness (QED) is 0.179. The Kier molecular flexibility index (Phi) is 9.41. The number of hydrogen-bond acceptors (Lipinski definition) is 2. The molecule has 2 heterocycles. The molecule has 0 saturated heterocycles. The first kappa shape index (κ1) is 29.6. The SMILES string of the molecule is CCCc1ccc(-c2ccc(-c3ccc(F)s3)c(F)c2)cc1.Cc1ccc(-c2ccc(-c3ccc(C)s3)c(F)c2)cc1. The molecule has 6 rings (SSSR count). The number of rotatable bonds is 6. The van der Waals surface area contributed by atoms with Crippen molar-refractivity contribution in [1.29, 1.82) is 0 Å². The van der Waals surface area contributed by atoms with E-state index in [1.165, 1.54) is 28.1 Å². The van der Waals surface area contributed by atoms with Gasteiger partial charge in [0.15, 0.2) is 5.13 Å². The van der Waals surface area contributed by atoms with E-state index in [1.54, 1.807) is 29.5 Å². The molecule has 5 heteroatoms. The van der Waals surface area contributed by atoms with Gasteiger partial charge in [0.2, 0.25) is 0 Å². The highest BCUT2D eigenvalue weighted by Crippen LogP contribution is 2.33. The average Bonchev–Trinajstić information content (AvgIpc) is 3.62. The maximum atomic E-state index is 14.3. The first-order chi connectivity index (χ1) is 20.3. The van der Waals surface area contributed by atoms with Gasteiger partial charge in [-0.05, 0) is 96.6 Å². The van der Waals surface area contributed by atoms with Gasteiger partial charge in [-0.3, -0.25) is 0 Å². The molecule has 0 radical (unpaired) electrons. The molecular formula is C37H31F3S2. The average molecular weight is 597 g/mol. The standard InChI is InChI=1S/C19H16F2S.C18H15FS/c1-2-3-13-4-6-14(7-5-13)15-8-9-16(17(20)12-15)18-10-11-19(21)22-18;1-12-3-6-14(7-4-12)15-8-9-16(17(19)11-15)18-10-5-13(2)20-18/h4-12H,2-3H2,1H3;3-11H,1-2H3. The summed E-state index contributed by atoms with van der Waals surface area (Å²) in [6.07, 6.45) is 2.16. The molecule has 0 aliphatic carbocycles. The third kappa shape index (κ3) is 7.10. The fourth-order valence-electron chi connectivity index (χ4n) is 4.73. The molecule has 0 spiro atoms. The predicted octanol–water partition coefficient (Wildman–Crippen LogP) is 12.2. The van der Waals surface area contributed by atoms with Crippen molar-refractivity contribution in [3.63, 3.8) is 0 Å². The second-order valence-electron chi connectivity index (χ2n) is 10.2. The van der Waals surface area contributed by atoms with Crippen LogP contribution in [0.4, 0.5) is 13.2 Å². The van der Waals surface area contributed by atoms with Crippen LogP contribution in [0.5, 0.6) is 0 Å². The summed E-state index contributed by atoms with van der Waals surface area (Å²) in [6.45, 7) is 6.23. The molecule has 0 atom stereocenters. The lowest BCUT2D eigenvalue weighted by molar-refractivity contribution is 0.632. The van der Waals surface area contributed by atoms with Crippen LogP contribution in [0.25, 0.3) is 43.1 Å². The maximum absolute atomic E-state index is 14.3. The molecule has 0 bridgehead atoms. The lowest BCUT2D eigenvalue weighted by Gasteiger charge is -2.06. The van der Waals surface area contributed by atoms with Crippen molar-refractivity contribution in [3.05, 3.63) is 142 Å². The lowest BCUT2D eigenvalue weighted by atomic mass is 10.0. The number of thiophene rings is 2. The predicted molar refractivity (Wildman–Crippen MR) is 174 cm³/mol. The fraction of sp³-hybridized carbons (Fsp3) is 0.135. The van der Waals surface area contributed by atoms with Crippen LogP contribution < -0.4 is 0 Å². The Bertz CT molecular complexity index is 1780. The molecular weight excluding hydrogens is 566 g/mol. The highest BCUT2D eigenvalue weighted by Gasteiger charge is 2.11. The zero-order valence-corrected chi connectivity index (χ0v) is 25.4. The molecule has 0 aliphatic rings. The van der Waals surface area contributed by atoms with Gasteiger partial charge in [0.25, 0.3) is 0 Å². The summed E-state index contributed by atoms with van der Waals surface area (Å²) in [5, 5.41) is -0.301. The molecule has 0 unspecified atom stereocenters.